The molecule has 4 rings (SSSR count). The van der Waals surface area contributed by atoms with E-state index in [1.165, 1.54) is 0 Å². The van der Waals surface area contributed by atoms with E-state index in [-0.39, 0.29) is 18.4 Å². The third-order valence-corrected chi connectivity index (χ3v) is 5.41. The maximum Gasteiger partial charge on any atom is 0.252 e. The van der Waals surface area contributed by atoms with Crippen LogP contribution in [0.3, 0.4) is 0 Å². The predicted octanol–water partition coefficient (Wildman–Crippen LogP) is 2.10. The number of amides is 2. The maximum atomic E-state index is 12.8. The van der Waals surface area contributed by atoms with Gasteiger partial charge in [-0.25, -0.2) is 0 Å². The highest BCUT2D eigenvalue weighted by Gasteiger charge is 2.34. The summed E-state index contributed by atoms with van der Waals surface area (Å²) in [6.07, 6.45) is 2.95. The Morgan fingerprint density at radius 3 is 3.00 bits per heavy atom. The minimum atomic E-state index is -0.710. The molecule has 2 heterocycles. The number of nitrogens with one attached hydrogen (secondary N) is 1. The van der Waals surface area contributed by atoms with Crippen LogP contribution in [0.2, 0.25) is 0 Å². The average Bonchev–Trinajstić information content (AvgIpc) is 3.02. The minimum Gasteiger partial charge on any atom is -0.489 e. The van der Waals surface area contributed by atoms with Gasteiger partial charge in [0.25, 0.3) is 5.91 Å². The molecule has 2 aliphatic heterocycles. The van der Waals surface area contributed by atoms with E-state index < -0.39 is 6.04 Å². The normalized spacial score (nSPS) is 25.1. The summed E-state index contributed by atoms with van der Waals surface area (Å²) in [5.74, 6) is 0.835. The van der Waals surface area contributed by atoms with Crippen molar-refractivity contribution in [2.24, 2.45) is 10.9 Å². The summed E-state index contributed by atoms with van der Waals surface area (Å²) in [5.41, 5.74) is 3.58. The lowest BCUT2D eigenvalue weighted by atomic mass is 9.84. The number of allylic oxidation sites excluding steroid dienone is 1. The molecule has 136 valence electrons. The first-order valence-electron chi connectivity index (χ1n) is 9.10. The van der Waals surface area contributed by atoms with Crippen molar-refractivity contribution in [3.8, 4) is 5.75 Å². The molecule has 0 bridgehead atoms. The van der Waals surface area contributed by atoms with Crippen molar-refractivity contribution in [2.45, 2.75) is 32.2 Å². The number of carbonyl (C=O) groups is 2. The van der Waals surface area contributed by atoms with E-state index in [1.54, 1.807) is 11.9 Å². The number of aliphatic imine (C=N–C) groups is 1. The molecule has 1 fully saturated rings. The lowest BCUT2D eigenvalue weighted by molar-refractivity contribution is -0.126. The number of fused-ring (bicyclic) bond motifs is 2. The molecule has 0 spiro atoms. The van der Waals surface area contributed by atoms with Crippen LogP contribution in [0.25, 0.3) is 0 Å². The van der Waals surface area contributed by atoms with Crippen LogP contribution in [-0.4, -0.2) is 43.8 Å². The first-order valence-corrected chi connectivity index (χ1v) is 9.10. The van der Waals surface area contributed by atoms with Gasteiger partial charge < -0.3 is 15.0 Å². The highest BCUT2D eigenvalue weighted by atomic mass is 16.5. The number of hydrogen-bond acceptors (Lipinski definition) is 4. The van der Waals surface area contributed by atoms with Gasteiger partial charge in [0.05, 0.1) is 12.2 Å². The molecule has 0 aromatic heterocycles. The Bertz CT molecular complexity index is 827. The Labute approximate surface area is 152 Å². The second-order valence-electron chi connectivity index (χ2n) is 7.27. The fourth-order valence-electron chi connectivity index (χ4n) is 3.85. The van der Waals surface area contributed by atoms with Gasteiger partial charge in [-0.3, -0.25) is 14.6 Å². The standard InChI is InChI=1S/C20H23N3O3/c1-12-7-8-15-13(9-12)14(10-21-15)19(24)22-16-11-26-18-6-4-3-5-17(18)23(2)20(16)25/h3-6,12,16H,7-11H2,1-2H3,(H,22,24)/t12?,16-/m0/s1. The van der Waals surface area contributed by atoms with Gasteiger partial charge in [0.15, 0.2) is 0 Å². The zero-order chi connectivity index (χ0) is 18.3. The van der Waals surface area contributed by atoms with Gasteiger partial charge in [-0.15, -0.1) is 0 Å². The average molecular weight is 353 g/mol. The number of ether oxygens (including phenoxy) is 1. The maximum absolute atomic E-state index is 12.8. The van der Waals surface area contributed by atoms with E-state index in [1.807, 2.05) is 24.3 Å². The van der Waals surface area contributed by atoms with Crippen LogP contribution in [0.4, 0.5) is 5.69 Å². The largest absolute Gasteiger partial charge is 0.489 e. The second-order valence-corrected chi connectivity index (χ2v) is 7.27. The molecular weight excluding hydrogens is 330 g/mol. The SMILES string of the molecule is CC1CCC2=NCC(C(=O)N[C@H]3COc4ccccc4N(C)C3=O)=C2C1. The van der Waals surface area contributed by atoms with Crippen LogP contribution in [-0.2, 0) is 9.59 Å². The fourth-order valence-corrected chi connectivity index (χ4v) is 3.85. The Hall–Kier alpha value is -2.63. The molecule has 1 aromatic carbocycles. The number of carbonyl (C=O) groups excluding carboxylic acids is 2. The van der Waals surface area contributed by atoms with E-state index in [2.05, 4.69) is 17.2 Å². The van der Waals surface area contributed by atoms with Crippen molar-refractivity contribution in [3.63, 3.8) is 0 Å². The molecule has 1 saturated carbocycles. The number of hydrogen-bond donors (Lipinski definition) is 1. The van der Waals surface area contributed by atoms with Crippen LogP contribution >= 0.6 is 0 Å². The van der Waals surface area contributed by atoms with Crippen molar-refractivity contribution < 1.29 is 14.3 Å². The Morgan fingerprint density at radius 2 is 2.15 bits per heavy atom. The van der Waals surface area contributed by atoms with Gasteiger partial charge >= 0.3 is 0 Å². The highest BCUT2D eigenvalue weighted by molar-refractivity contribution is 6.12. The Balaban J connectivity index is 1.52. The van der Waals surface area contributed by atoms with E-state index >= 15 is 0 Å². The molecule has 6 nitrogen and oxygen atoms in total. The number of rotatable bonds is 2. The Kier molecular flexibility index (Phi) is 4.26. The minimum absolute atomic E-state index is 0.124. The molecule has 0 radical (unpaired) electrons. The first-order chi connectivity index (χ1) is 12.5. The summed E-state index contributed by atoms with van der Waals surface area (Å²) in [4.78, 5) is 31.7. The van der Waals surface area contributed by atoms with Crippen molar-refractivity contribution in [1.82, 2.24) is 5.32 Å². The number of likely N-dealkylation sites (N-methyl/N-ethyl adjacent to an activating group) is 1. The van der Waals surface area contributed by atoms with E-state index in [4.69, 9.17) is 4.74 Å². The van der Waals surface area contributed by atoms with Gasteiger partial charge in [0, 0.05) is 18.3 Å². The van der Waals surface area contributed by atoms with E-state index in [0.29, 0.717) is 29.5 Å². The van der Waals surface area contributed by atoms with Gasteiger partial charge in [-0.05, 0) is 42.9 Å². The zero-order valence-corrected chi connectivity index (χ0v) is 15.1. The van der Waals surface area contributed by atoms with Crippen molar-refractivity contribution in [1.29, 1.82) is 0 Å². The van der Waals surface area contributed by atoms with Crippen molar-refractivity contribution >= 4 is 23.2 Å². The van der Waals surface area contributed by atoms with Crippen LogP contribution in [0.15, 0.2) is 40.4 Å². The molecule has 2 atom stereocenters. The Morgan fingerprint density at radius 1 is 1.35 bits per heavy atom. The first kappa shape index (κ1) is 16.8. The van der Waals surface area contributed by atoms with E-state index in [0.717, 1.165) is 30.5 Å². The predicted molar refractivity (Wildman–Crippen MR) is 99.6 cm³/mol. The summed E-state index contributed by atoms with van der Waals surface area (Å²) in [6.45, 7) is 2.74. The highest BCUT2D eigenvalue weighted by Crippen LogP contribution is 2.33. The third kappa shape index (κ3) is 2.89. The summed E-state index contributed by atoms with van der Waals surface area (Å²) in [5, 5.41) is 2.88. The molecule has 0 saturated heterocycles. The molecule has 3 aliphatic rings. The van der Waals surface area contributed by atoms with Crippen LogP contribution in [0, 0.1) is 5.92 Å². The van der Waals surface area contributed by atoms with Gasteiger partial charge in [0.2, 0.25) is 5.91 Å². The number of para-hydroxylation sites is 2. The van der Waals surface area contributed by atoms with Gasteiger partial charge in [-0.2, -0.15) is 0 Å². The van der Waals surface area contributed by atoms with Crippen LogP contribution in [0.1, 0.15) is 26.2 Å². The third-order valence-electron chi connectivity index (χ3n) is 5.41. The topological polar surface area (TPSA) is 71.0 Å². The molecule has 1 aromatic rings. The summed E-state index contributed by atoms with van der Waals surface area (Å²) in [7, 11) is 1.70. The molecule has 6 heteroatoms. The molecule has 1 aliphatic carbocycles. The summed E-state index contributed by atoms with van der Waals surface area (Å²) < 4.78 is 5.77. The fraction of sp³-hybridized carbons (Fsp3) is 0.450. The van der Waals surface area contributed by atoms with Gasteiger partial charge in [0.1, 0.15) is 18.4 Å². The molecule has 2 amide bonds. The number of anilines is 1. The lowest BCUT2D eigenvalue weighted by Gasteiger charge is -2.23. The monoisotopic (exact) mass is 353 g/mol. The quantitative estimate of drug-likeness (QED) is 0.885. The van der Waals surface area contributed by atoms with Crippen LogP contribution < -0.4 is 15.0 Å². The van der Waals surface area contributed by atoms with Crippen LogP contribution in [0.5, 0.6) is 5.75 Å². The number of nitrogens with zero attached hydrogens (tertiary/aromatic N) is 2. The second kappa shape index (κ2) is 6.59. The molecule has 26 heavy (non-hydrogen) atoms. The smallest absolute Gasteiger partial charge is 0.252 e. The summed E-state index contributed by atoms with van der Waals surface area (Å²) in [6, 6.07) is 6.68. The summed E-state index contributed by atoms with van der Waals surface area (Å²) >= 11 is 0. The van der Waals surface area contributed by atoms with E-state index in [9.17, 15) is 9.59 Å². The van der Waals surface area contributed by atoms with Crippen molar-refractivity contribution in [3.05, 3.63) is 35.4 Å². The molecule has 1 N–H and O–H groups in total. The van der Waals surface area contributed by atoms with Crippen molar-refractivity contribution in [2.75, 3.05) is 25.1 Å². The lowest BCUT2D eigenvalue weighted by Crippen LogP contribution is -2.50. The molecular formula is C20H23N3O3. The number of benzene rings is 1. The van der Waals surface area contributed by atoms with Gasteiger partial charge in [-0.1, -0.05) is 19.1 Å². The molecule has 1 unspecified atom stereocenters. The zero-order valence-electron chi connectivity index (χ0n) is 15.1.